The molecule has 0 unspecified atom stereocenters. The minimum absolute atomic E-state index is 0.137. The molecule has 4 rings (SSSR count). The van der Waals surface area contributed by atoms with Crippen molar-refractivity contribution >= 4 is 11.8 Å². The lowest BCUT2D eigenvalue weighted by Gasteiger charge is -2.41. The zero-order chi connectivity index (χ0) is 17.4. The molecule has 0 bridgehead atoms. The van der Waals surface area contributed by atoms with Crippen LogP contribution in [0.25, 0.3) is 0 Å². The fourth-order valence-corrected chi connectivity index (χ4v) is 3.24. The molecule has 1 aliphatic carbocycles. The summed E-state index contributed by atoms with van der Waals surface area (Å²) in [6.07, 6.45) is 4.19. The van der Waals surface area contributed by atoms with Crippen molar-refractivity contribution in [2.75, 3.05) is 24.6 Å². The van der Waals surface area contributed by atoms with Gasteiger partial charge >= 0.3 is 5.97 Å². The van der Waals surface area contributed by atoms with Crippen molar-refractivity contribution in [1.82, 2.24) is 20.0 Å². The quantitative estimate of drug-likeness (QED) is 0.782. The zero-order valence-corrected chi connectivity index (χ0v) is 14.2. The van der Waals surface area contributed by atoms with E-state index in [0.29, 0.717) is 24.3 Å². The molecule has 8 nitrogen and oxygen atoms in total. The fraction of sp³-hybridized carbons (Fsp3) is 0.529. The Labute approximate surface area is 145 Å². The second-order valence-corrected chi connectivity index (χ2v) is 6.81. The maximum absolute atomic E-state index is 11.7. The van der Waals surface area contributed by atoms with E-state index in [4.69, 9.17) is 4.74 Å². The van der Waals surface area contributed by atoms with Gasteiger partial charge in [0.15, 0.2) is 5.69 Å². The highest BCUT2D eigenvalue weighted by atomic mass is 16.5. The molecule has 1 saturated heterocycles. The van der Waals surface area contributed by atoms with E-state index >= 15 is 0 Å². The lowest BCUT2D eigenvalue weighted by molar-refractivity contribution is 0.0519. The molecular formula is C17H21N5O3. The van der Waals surface area contributed by atoms with E-state index in [9.17, 15) is 9.90 Å². The first-order valence-corrected chi connectivity index (χ1v) is 8.54. The molecule has 2 aromatic rings. The van der Waals surface area contributed by atoms with Crippen molar-refractivity contribution in [3.63, 3.8) is 0 Å². The number of esters is 1. The van der Waals surface area contributed by atoms with Gasteiger partial charge in [0.05, 0.1) is 31.6 Å². The number of aromatic nitrogens is 4. The molecule has 1 N–H and O–H groups in total. The number of aliphatic hydroxyl groups excluding tert-OH is 1. The van der Waals surface area contributed by atoms with Gasteiger partial charge in [-0.1, -0.05) is 11.3 Å². The van der Waals surface area contributed by atoms with Gasteiger partial charge in [-0.05, 0) is 31.4 Å². The third-order valence-electron chi connectivity index (χ3n) is 4.89. The average molecular weight is 343 g/mol. The van der Waals surface area contributed by atoms with Crippen LogP contribution in [0, 0.1) is 5.41 Å². The van der Waals surface area contributed by atoms with E-state index in [-0.39, 0.29) is 12.3 Å². The monoisotopic (exact) mass is 343 g/mol. The Morgan fingerprint density at radius 2 is 2.16 bits per heavy atom. The number of pyridine rings is 1. The maximum Gasteiger partial charge on any atom is 0.360 e. The summed E-state index contributed by atoms with van der Waals surface area (Å²) < 4.78 is 6.45. The highest BCUT2D eigenvalue weighted by molar-refractivity contribution is 5.86. The summed E-state index contributed by atoms with van der Waals surface area (Å²) in [5.74, 6) is 0.424. The van der Waals surface area contributed by atoms with Gasteiger partial charge in [-0.3, -0.25) is 0 Å². The van der Waals surface area contributed by atoms with E-state index < -0.39 is 5.97 Å². The Morgan fingerprint density at radius 1 is 1.36 bits per heavy atom. The Hall–Kier alpha value is -2.48. The van der Waals surface area contributed by atoms with Crippen molar-refractivity contribution in [1.29, 1.82) is 0 Å². The summed E-state index contributed by atoms with van der Waals surface area (Å²) in [4.78, 5) is 18.5. The molecule has 2 fully saturated rings. The van der Waals surface area contributed by atoms with Crippen LogP contribution in [0.5, 0.6) is 0 Å². The standard InChI is InChI=1S/C17H21N5O3/c1-2-25-16(24)13-8-22(20-19-13)7-12-3-4-15(18-14(12)9-23)21-10-17(11-21)5-6-17/h3-4,8,23H,2,5-7,9-11H2,1H3. The second-order valence-electron chi connectivity index (χ2n) is 6.81. The maximum atomic E-state index is 11.7. The van der Waals surface area contributed by atoms with Crippen molar-refractivity contribution in [3.8, 4) is 0 Å². The molecule has 25 heavy (non-hydrogen) atoms. The lowest BCUT2D eigenvalue weighted by atomic mass is 9.97. The number of hydrogen-bond acceptors (Lipinski definition) is 7. The van der Waals surface area contributed by atoms with Crippen LogP contribution in [-0.2, 0) is 17.9 Å². The third kappa shape index (κ3) is 3.09. The first-order chi connectivity index (χ1) is 12.1. The Bertz CT molecular complexity index is 791. The normalized spacial score (nSPS) is 17.4. The molecule has 8 heteroatoms. The number of anilines is 1. The molecular weight excluding hydrogens is 322 g/mol. The minimum atomic E-state index is -0.489. The highest BCUT2D eigenvalue weighted by Crippen LogP contribution is 2.53. The number of carbonyl (C=O) groups excluding carboxylic acids is 1. The number of carbonyl (C=O) groups is 1. The number of aliphatic hydroxyl groups is 1. The summed E-state index contributed by atoms with van der Waals surface area (Å²) in [5, 5.41) is 17.4. The van der Waals surface area contributed by atoms with E-state index in [0.717, 1.165) is 24.5 Å². The first-order valence-electron chi connectivity index (χ1n) is 8.54. The van der Waals surface area contributed by atoms with Crippen LogP contribution in [0.4, 0.5) is 5.82 Å². The van der Waals surface area contributed by atoms with E-state index in [1.807, 2.05) is 12.1 Å². The molecule has 0 atom stereocenters. The summed E-state index contributed by atoms with van der Waals surface area (Å²) in [6.45, 7) is 4.42. The van der Waals surface area contributed by atoms with Crippen LogP contribution in [0.2, 0.25) is 0 Å². The SMILES string of the molecule is CCOC(=O)c1cn(Cc2ccc(N3CC4(CC4)C3)nc2CO)nn1. The van der Waals surface area contributed by atoms with Gasteiger partial charge in [0.25, 0.3) is 0 Å². The van der Waals surface area contributed by atoms with Crippen molar-refractivity contribution in [2.45, 2.75) is 32.9 Å². The van der Waals surface area contributed by atoms with Gasteiger partial charge < -0.3 is 14.7 Å². The van der Waals surface area contributed by atoms with Crippen molar-refractivity contribution < 1.29 is 14.6 Å². The van der Waals surface area contributed by atoms with Gasteiger partial charge in [-0.2, -0.15) is 0 Å². The Morgan fingerprint density at radius 3 is 2.84 bits per heavy atom. The molecule has 3 heterocycles. The number of rotatable bonds is 6. The fourth-order valence-electron chi connectivity index (χ4n) is 3.24. The summed E-state index contributed by atoms with van der Waals surface area (Å²) in [7, 11) is 0. The van der Waals surface area contributed by atoms with Crippen LogP contribution in [0.15, 0.2) is 18.3 Å². The summed E-state index contributed by atoms with van der Waals surface area (Å²) >= 11 is 0. The van der Waals surface area contributed by atoms with Crippen LogP contribution in [0.3, 0.4) is 0 Å². The number of ether oxygens (including phenoxy) is 1. The Kier molecular flexibility index (Phi) is 3.91. The molecule has 1 saturated carbocycles. The molecule has 132 valence electrons. The minimum Gasteiger partial charge on any atom is -0.461 e. The molecule has 0 radical (unpaired) electrons. The first kappa shape index (κ1) is 16.0. The zero-order valence-electron chi connectivity index (χ0n) is 14.2. The predicted octanol–water partition coefficient (Wildman–Crippen LogP) is 0.991. The predicted molar refractivity (Wildman–Crippen MR) is 89.1 cm³/mol. The number of nitrogens with zero attached hydrogens (tertiary/aromatic N) is 5. The molecule has 2 aromatic heterocycles. The summed E-state index contributed by atoms with van der Waals surface area (Å²) in [5.41, 5.74) is 2.21. The molecule has 1 aliphatic heterocycles. The van der Waals surface area contributed by atoms with Crippen LogP contribution in [0.1, 0.15) is 41.5 Å². The average Bonchev–Trinajstić information content (AvgIpc) is 3.26. The molecule has 0 amide bonds. The van der Waals surface area contributed by atoms with Gasteiger partial charge in [-0.15, -0.1) is 5.10 Å². The molecule has 0 aromatic carbocycles. The van der Waals surface area contributed by atoms with Gasteiger partial charge in [0, 0.05) is 18.5 Å². The third-order valence-corrected chi connectivity index (χ3v) is 4.89. The van der Waals surface area contributed by atoms with Crippen molar-refractivity contribution in [3.05, 3.63) is 35.3 Å². The van der Waals surface area contributed by atoms with E-state index in [1.165, 1.54) is 12.8 Å². The van der Waals surface area contributed by atoms with Gasteiger partial charge in [0.1, 0.15) is 5.82 Å². The van der Waals surface area contributed by atoms with Gasteiger partial charge in [-0.25, -0.2) is 14.5 Å². The smallest absolute Gasteiger partial charge is 0.360 e. The van der Waals surface area contributed by atoms with Crippen molar-refractivity contribution in [2.24, 2.45) is 5.41 Å². The second kappa shape index (κ2) is 6.11. The van der Waals surface area contributed by atoms with Crippen LogP contribution < -0.4 is 4.90 Å². The highest BCUT2D eigenvalue weighted by Gasteiger charge is 2.52. The topological polar surface area (TPSA) is 93.4 Å². The summed E-state index contributed by atoms with van der Waals surface area (Å²) in [6, 6.07) is 3.93. The molecule has 2 aliphatic rings. The van der Waals surface area contributed by atoms with Gasteiger partial charge in [0.2, 0.25) is 0 Å². The van der Waals surface area contributed by atoms with E-state index in [2.05, 4.69) is 20.2 Å². The largest absolute Gasteiger partial charge is 0.461 e. The van der Waals surface area contributed by atoms with E-state index in [1.54, 1.807) is 17.8 Å². The molecule has 1 spiro atoms. The number of hydrogen-bond donors (Lipinski definition) is 1. The lowest BCUT2D eigenvalue weighted by Crippen LogP contribution is -2.48. The van der Waals surface area contributed by atoms with Crippen LogP contribution >= 0.6 is 0 Å². The van der Waals surface area contributed by atoms with Crippen LogP contribution in [-0.4, -0.2) is 50.8 Å². The Balaban J connectivity index is 1.47.